The summed E-state index contributed by atoms with van der Waals surface area (Å²) in [5, 5.41) is 11.6. The molecule has 4 aromatic rings. The average molecular weight is 375 g/mol. The zero-order valence-electron chi connectivity index (χ0n) is 13.7. The largest absolute Gasteiger partial charge is 0.402 e. The average Bonchev–Trinajstić information content (AvgIpc) is 3.39. The van der Waals surface area contributed by atoms with Crippen molar-refractivity contribution in [3.05, 3.63) is 59.5 Å². The van der Waals surface area contributed by atoms with Crippen LogP contribution >= 0.6 is 0 Å². The van der Waals surface area contributed by atoms with E-state index in [0.717, 1.165) is 5.69 Å². The predicted octanol–water partition coefficient (Wildman–Crippen LogP) is 2.67. The third-order valence-corrected chi connectivity index (χ3v) is 4.54. The van der Waals surface area contributed by atoms with E-state index in [1.165, 1.54) is 10.6 Å². The van der Waals surface area contributed by atoms with Crippen molar-refractivity contribution in [3.63, 3.8) is 0 Å². The van der Waals surface area contributed by atoms with Crippen molar-refractivity contribution in [2.24, 2.45) is 0 Å². The third-order valence-electron chi connectivity index (χ3n) is 4.54. The zero-order valence-corrected chi connectivity index (χ0v) is 13.7. The Bertz CT molecular complexity index is 1120. The van der Waals surface area contributed by atoms with E-state index in [2.05, 4.69) is 25.3 Å². The number of anilines is 1. The van der Waals surface area contributed by atoms with E-state index >= 15 is 0 Å². The van der Waals surface area contributed by atoms with Crippen molar-refractivity contribution < 1.29 is 17.6 Å². The van der Waals surface area contributed by atoms with Crippen molar-refractivity contribution in [3.8, 4) is 0 Å². The Labute approximate surface area is 149 Å². The fourth-order valence-corrected chi connectivity index (χ4v) is 3.35. The number of halogens is 3. The van der Waals surface area contributed by atoms with Crippen LogP contribution in [0.15, 0.2) is 35.1 Å². The first-order chi connectivity index (χ1) is 13.1. The highest BCUT2D eigenvalue weighted by molar-refractivity contribution is 5.52. The molecule has 0 spiro atoms. The van der Waals surface area contributed by atoms with Crippen LogP contribution in [0.3, 0.4) is 0 Å². The molecule has 0 amide bonds. The first kappa shape index (κ1) is 15.9. The van der Waals surface area contributed by atoms with E-state index in [0.29, 0.717) is 29.9 Å². The number of aromatic nitrogens is 6. The Morgan fingerprint density at radius 2 is 2.19 bits per heavy atom. The van der Waals surface area contributed by atoms with Crippen LogP contribution < -0.4 is 4.90 Å². The summed E-state index contributed by atoms with van der Waals surface area (Å²) in [6, 6.07) is 3.85. The fraction of sp³-hybridized carbons (Fsp3) is 0.250. The highest BCUT2D eigenvalue weighted by Crippen LogP contribution is 2.36. The van der Waals surface area contributed by atoms with Crippen LogP contribution in [0.2, 0.25) is 0 Å². The number of aromatic amines is 1. The van der Waals surface area contributed by atoms with Crippen molar-refractivity contribution in [1.82, 2.24) is 29.8 Å². The van der Waals surface area contributed by atoms with Gasteiger partial charge in [-0.2, -0.15) is 13.9 Å². The monoisotopic (exact) mass is 375 g/mol. The lowest BCUT2D eigenvalue weighted by Gasteiger charge is -2.32. The van der Waals surface area contributed by atoms with Gasteiger partial charge in [0.1, 0.15) is 17.4 Å². The fourth-order valence-electron chi connectivity index (χ4n) is 3.35. The van der Waals surface area contributed by atoms with Gasteiger partial charge >= 0.3 is 12.4 Å². The summed E-state index contributed by atoms with van der Waals surface area (Å²) >= 11 is 0. The molecule has 0 bridgehead atoms. The minimum Gasteiger partial charge on any atom is -0.402 e. The molecule has 0 fully saturated rings. The first-order valence-electron chi connectivity index (χ1n) is 8.16. The van der Waals surface area contributed by atoms with Crippen molar-refractivity contribution >= 4 is 11.5 Å². The molecule has 4 aromatic heterocycles. The summed E-state index contributed by atoms with van der Waals surface area (Å²) in [7, 11) is 0. The molecule has 0 radical (unpaired) electrons. The topological polar surface area (TPSA) is 88.1 Å². The van der Waals surface area contributed by atoms with Gasteiger partial charge < -0.3 is 14.3 Å². The van der Waals surface area contributed by atoms with E-state index in [-0.39, 0.29) is 6.01 Å². The molecule has 0 aliphatic carbocycles. The van der Waals surface area contributed by atoms with E-state index in [1.54, 1.807) is 29.6 Å². The number of nitrogens with one attached hydrogen (secondary N) is 1. The second kappa shape index (κ2) is 5.83. The maximum atomic E-state index is 14.1. The van der Waals surface area contributed by atoms with Gasteiger partial charge in [0.2, 0.25) is 0 Å². The Balaban J connectivity index is 1.65. The molecule has 1 atom stereocenters. The Morgan fingerprint density at radius 1 is 1.30 bits per heavy atom. The normalized spacial score (nSPS) is 17.0. The molecule has 1 aliphatic rings. The second-order valence-corrected chi connectivity index (χ2v) is 6.09. The van der Waals surface area contributed by atoms with Gasteiger partial charge in [-0.1, -0.05) is 5.10 Å². The summed E-state index contributed by atoms with van der Waals surface area (Å²) in [4.78, 5) is 9.07. The van der Waals surface area contributed by atoms with Crippen LogP contribution in [0.5, 0.6) is 0 Å². The number of rotatable bonds is 3. The minimum absolute atomic E-state index is 0.0542. The van der Waals surface area contributed by atoms with Crippen LogP contribution in [0, 0.1) is 5.82 Å². The first-order valence-corrected chi connectivity index (χ1v) is 8.16. The molecule has 1 N–H and O–H groups in total. The Morgan fingerprint density at radius 3 is 2.96 bits per heavy atom. The minimum atomic E-state index is -2.86. The maximum absolute atomic E-state index is 14.1. The molecule has 0 saturated carbocycles. The lowest BCUT2D eigenvalue weighted by atomic mass is 10.0. The van der Waals surface area contributed by atoms with Crippen molar-refractivity contribution in [2.75, 3.05) is 11.4 Å². The van der Waals surface area contributed by atoms with Gasteiger partial charge in [-0.3, -0.25) is 0 Å². The molecule has 0 aromatic carbocycles. The number of imidazole rings is 1. The van der Waals surface area contributed by atoms with Crippen LogP contribution in [-0.4, -0.2) is 36.3 Å². The van der Waals surface area contributed by atoms with Gasteiger partial charge in [-0.15, -0.1) is 5.10 Å². The van der Waals surface area contributed by atoms with E-state index in [4.69, 9.17) is 4.42 Å². The number of nitrogens with zero attached hydrogens (tertiary/aromatic N) is 6. The van der Waals surface area contributed by atoms with Crippen molar-refractivity contribution in [2.45, 2.75) is 18.9 Å². The highest BCUT2D eigenvalue weighted by Gasteiger charge is 2.36. The Hall–Kier alpha value is -3.37. The number of hydrogen-bond acceptors (Lipinski definition) is 6. The molecule has 0 saturated heterocycles. The van der Waals surface area contributed by atoms with E-state index in [9.17, 15) is 13.2 Å². The quantitative estimate of drug-likeness (QED) is 0.592. The molecule has 138 valence electrons. The summed E-state index contributed by atoms with van der Waals surface area (Å²) in [6.45, 7) is 0.418. The van der Waals surface area contributed by atoms with E-state index in [1.807, 2.05) is 0 Å². The van der Waals surface area contributed by atoms with Gasteiger partial charge in [-0.05, 0) is 18.2 Å². The van der Waals surface area contributed by atoms with E-state index < -0.39 is 24.2 Å². The lowest BCUT2D eigenvalue weighted by Crippen LogP contribution is -2.36. The predicted molar refractivity (Wildman–Crippen MR) is 85.9 cm³/mol. The van der Waals surface area contributed by atoms with Gasteiger partial charge in [0.05, 0.1) is 17.7 Å². The standard InChI is InChI=1S/C16H12F3N7O/c17-8-2-1-4-26-11(8)6-10(24-26)13-12-9(20-7-21-12)3-5-25(13)16-23-22-15(27-16)14(18)19/h1-2,4,6-7,13-14H,3,5H2,(H,20,21). The SMILES string of the molecule is Fc1cccn2nc(C3c4nc[nH]c4CCN3c3nnc(C(F)F)o3)cc12. The van der Waals surface area contributed by atoms with Crippen LogP contribution in [0.1, 0.15) is 35.4 Å². The second-order valence-electron chi connectivity index (χ2n) is 6.09. The van der Waals surface area contributed by atoms with Gasteiger partial charge in [-0.25, -0.2) is 13.9 Å². The molecule has 11 heteroatoms. The maximum Gasteiger partial charge on any atom is 0.319 e. The van der Waals surface area contributed by atoms with Crippen LogP contribution in [0.25, 0.3) is 5.52 Å². The molecule has 1 unspecified atom stereocenters. The number of H-pyrrole nitrogens is 1. The van der Waals surface area contributed by atoms with Gasteiger partial charge in [0, 0.05) is 24.9 Å². The molecule has 5 heterocycles. The number of pyridine rings is 1. The molecular weight excluding hydrogens is 363 g/mol. The van der Waals surface area contributed by atoms with Gasteiger partial charge in [0.25, 0.3) is 5.89 Å². The number of hydrogen-bond donors (Lipinski definition) is 1. The summed E-state index contributed by atoms with van der Waals surface area (Å²) in [5.74, 6) is -1.17. The lowest BCUT2D eigenvalue weighted by molar-refractivity contribution is 0.115. The summed E-state index contributed by atoms with van der Waals surface area (Å²) in [5.41, 5.74) is 2.34. The van der Waals surface area contributed by atoms with Crippen LogP contribution in [-0.2, 0) is 6.42 Å². The molecule has 1 aliphatic heterocycles. The smallest absolute Gasteiger partial charge is 0.319 e. The van der Waals surface area contributed by atoms with Crippen molar-refractivity contribution in [1.29, 1.82) is 0 Å². The molecular formula is C16H12F3N7O. The van der Waals surface area contributed by atoms with Gasteiger partial charge in [0.15, 0.2) is 0 Å². The zero-order chi connectivity index (χ0) is 18.5. The van der Waals surface area contributed by atoms with Crippen LogP contribution in [0.4, 0.5) is 19.2 Å². The molecule has 27 heavy (non-hydrogen) atoms. The third kappa shape index (κ3) is 2.46. The summed E-state index contributed by atoms with van der Waals surface area (Å²) < 4.78 is 46.3. The highest BCUT2D eigenvalue weighted by atomic mass is 19.3. The Kier molecular flexibility index (Phi) is 3.42. The number of fused-ring (bicyclic) bond motifs is 2. The summed E-state index contributed by atoms with van der Waals surface area (Å²) in [6.07, 6.45) is 0.901. The molecule has 8 nitrogen and oxygen atoms in total. The molecule has 5 rings (SSSR count). The number of alkyl halides is 2.